The summed E-state index contributed by atoms with van der Waals surface area (Å²) in [7, 11) is 3.34. The Morgan fingerprint density at radius 2 is 2.00 bits per heavy atom. The lowest BCUT2D eigenvalue weighted by Gasteiger charge is -2.29. The van der Waals surface area contributed by atoms with Crippen molar-refractivity contribution >= 4 is 12.1 Å². The minimum Gasteiger partial charge on any atom is -0.481 e. The topological polar surface area (TPSA) is 107 Å². The van der Waals surface area contributed by atoms with Crippen LogP contribution >= 0.6 is 0 Å². The minimum absolute atomic E-state index is 0.163. The van der Waals surface area contributed by atoms with Crippen LogP contribution in [0, 0.1) is 23.7 Å². The summed E-state index contributed by atoms with van der Waals surface area (Å²) in [6.07, 6.45) is 5.00. The van der Waals surface area contributed by atoms with E-state index in [0.717, 1.165) is 43.4 Å². The first kappa shape index (κ1) is 27.9. The molecule has 8 nitrogen and oxygen atoms in total. The summed E-state index contributed by atoms with van der Waals surface area (Å²) in [5.74, 6) is 0.887. The van der Waals surface area contributed by atoms with Crippen molar-refractivity contribution in [1.29, 1.82) is 0 Å². The molecule has 0 unspecified atom stereocenters. The van der Waals surface area contributed by atoms with Gasteiger partial charge in [-0.2, -0.15) is 0 Å². The van der Waals surface area contributed by atoms with Gasteiger partial charge in [0.1, 0.15) is 6.10 Å². The van der Waals surface area contributed by atoms with Crippen molar-refractivity contribution in [3.05, 3.63) is 23.4 Å². The van der Waals surface area contributed by atoms with E-state index in [-0.39, 0.29) is 23.7 Å². The van der Waals surface area contributed by atoms with Gasteiger partial charge in [-0.25, -0.2) is 9.78 Å². The predicted molar refractivity (Wildman–Crippen MR) is 130 cm³/mol. The molecule has 2 rings (SSSR count). The van der Waals surface area contributed by atoms with Crippen molar-refractivity contribution in [2.75, 3.05) is 20.8 Å². The highest BCUT2D eigenvalue weighted by molar-refractivity contribution is 5.75. The number of cyclic esters (lactones) is 1. The van der Waals surface area contributed by atoms with Crippen LogP contribution in [0.25, 0.3) is 0 Å². The molecule has 0 aromatic carbocycles. The number of hydrogen-bond acceptors (Lipinski definition) is 6. The van der Waals surface area contributed by atoms with Gasteiger partial charge in [-0.05, 0) is 67.9 Å². The van der Waals surface area contributed by atoms with Gasteiger partial charge in [0, 0.05) is 25.5 Å². The number of esters is 1. The molecule has 192 valence electrons. The van der Waals surface area contributed by atoms with Gasteiger partial charge >= 0.3 is 12.1 Å². The van der Waals surface area contributed by atoms with E-state index >= 15 is 0 Å². The Kier molecular flexibility index (Phi) is 11.1. The number of nitrogens with zero attached hydrogens (tertiary/aromatic N) is 1. The zero-order chi connectivity index (χ0) is 25.3. The van der Waals surface area contributed by atoms with Crippen LogP contribution < -0.4 is 10.1 Å². The normalized spacial score (nSPS) is 19.8. The zero-order valence-corrected chi connectivity index (χ0v) is 21.5. The highest BCUT2D eigenvalue weighted by Gasteiger charge is 2.41. The maximum absolute atomic E-state index is 12.3. The van der Waals surface area contributed by atoms with E-state index in [2.05, 4.69) is 30.2 Å². The molecule has 1 aromatic rings. The molecule has 8 heteroatoms. The van der Waals surface area contributed by atoms with Crippen molar-refractivity contribution in [2.24, 2.45) is 23.7 Å². The Labute approximate surface area is 203 Å². The van der Waals surface area contributed by atoms with Crippen LogP contribution in [0.4, 0.5) is 4.79 Å². The molecule has 0 saturated carbocycles. The number of ether oxygens (including phenoxy) is 3. The number of aryl methyl sites for hydroxylation is 1. The molecule has 1 aliphatic heterocycles. The van der Waals surface area contributed by atoms with Gasteiger partial charge in [-0.1, -0.05) is 27.7 Å². The molecule has 2 N–H and O–H groups in total. The second-order valence-corrected chi connectivity index (χ2v) is 10.0. The quantitative estimate of drug-likeness (QED) is 0.300. The van der Waals surface area contributed by atoms with Crippen molar-refractivity contribution in [3.63, 3.8) is 0 Å². The average molecular weight is 479 g/mol. The summed E-state index contributed by atoms with van der Waals surface area (Å²) in [5.41, 5.74) is 2.17. The van der Waals surface area contributed by atoms with Crippen LogP contribution in [0.1, 0.15) is 64.5 Å². The molecular weight excluding hydrogens is 436 g/mol. The van der Waals surface area contributed by atoms with E-state index in [0.29, 0.717) is 24.6 Å². The summed E-state index contributed by atoms with van der Waals surface area (Å²) in [6, 6.07) is 1.70. The molecule has 1 saturated heterocycles. The number of carbonyl (C=O) groups is 2. The zero-order valence-electron chi connectivity index (χ0n) is 21.5. The third kappa shape index (κ3) is 8.15. The number of rotatable bonds is 14. The van der Waals surface area contributed by atoms with Gasteiger partial charge < -0.3 is 24.6 Å². The number of methoxy groups -OCH3 is 2. The number of aromatic nitrogens is 1. The van der Waals surface area contributed by atoms with Crippen LogP contribution in [-0.2, 0) is 27.1 Å². The second kappa shape index (κ2) is 13.5. The van der Waals surface area contributed by atoms with Crippen LogP contribution in [0.2, 0.25) is 0 Å². The van der Waals surface area contributed by atoms with E-state index < -0.39 is 18.2 Å². The molecule has 0 aliphatic carbocycles. The van der Waals surface area contributed by atoms with E-state index in [1.165, 1.54) is 0 Å². The monoisotopic (exact) mass is 478 g/mol. The number of unbranched alkanes of at least 4 members (excludes halogenated alkanes) is 1. The lowest BCUT2D eigenvalue weighted by Crippen LogP contribution is -2.44. The SMILES string of the molecule is COCCCCc1cc(C[C@@H](C[C@H](NC(=O)O)[C@@H]2C[C@@H](C(C)C)C(=O)O2)C(C)C)cnc1OC. The van der Waals surface area contributed by atoms with Gasteiger partial charge in [0.15, 0.2) is 0 Å². The Morgan fingerprint density at radius 1 is 1.26 bits per heavy atom. The largest absolute Gasteiger partial charge is 0.481 e. The predicted octanol–water partition coefficient (Wildman–Crippen LogP) is 4.49. The molecule has 0 spiro atoms. The standard InChI is InChI=1S/C26H42N2O6/c1-16(2)20(12-18-11-19(9-7-8-10-32-5)24(33-6)27-15-18)13-22(28-26(30)31)23-14-21(17(3)4)25(29)34-23/h11,15-17,20-23,28H,7-10,12-14H2,1-6H3,(H,30,31)/t20-,21-,22-,23-/m0/s1. The highest BCUT2D eigenvalue weighted by Crippen LogP contribution is 2.33. The number of carbonyl (C=O) groups excluding carboxylic acids is 1. The van der Waals surface area contributed by atoms with Crippen LogP contribution in [0.5, 0.6) is 5.88 Å². The number of hydrogen-bond donors (Lipinski definition) is 2. The molecule has 2 heterocycles. The fraction of sp³-hybridized carbons (Fsp3) is 0.731. The molecule has 0 radical (unpaired) electrons. The molecule has 1 fully saturated rings. The van der Waals surface area contributed by atoms with Crippen molar-refractivity contribution < 1.29 is 28.9 Å². The fourth-order valence-corrected chi connectivity index (χ4v) is 4.69. The summed E-state index contributed by atoms with van der Waals surface area (Å²) in [5, 5.41) is 12.1. The number of amides is 1. The summed E-state index contributed by atoms with van der Waals surface area (Å²) in [4.78, 5) is 28.4. The average Bonchev–Trinajstić information content (AvgIpc) is 3.17. The minimum atomic E-state index is -1.10. The lowest BCUT2D eigenvalue weighted by atomic mass is 9.81. The first-order valence-electron chi connectivity index (χ1n) is 12.4. The Hall–Kier alpha value is -2.35. The van der Waals surface area contributed by atoms with E-state index in [1.807, 2.05) is 20.0 Å². The lowest BCUT2D eigenvalue weighted by molar-refractivity contribution is -0.146. The Balaban J connectivity index is 2.16. The number of pyridine rings is 1. The number of nitrogens with one attached hydrogen (secondary N) is 1. The maximum atomic E-state index is 12.3. The fourth-order valence-electron chi connectivity index (χ4n) is 4.69. The van der Waals surface area contributed by atoms with E-state index in [9.17, 15) is 14.7 Å². The Bertz CT molecular complexity index is 797. The van der Waals surface area contributed by atoms with Crippen LogP contribution in [0.3, 0.4) is 0 Å². The molecular formula is C26H42N2O6. The molecule has 0 bridgehead atoms. The van der Waals surface area contributed by atoms with Crippen molar-refractivity contribution in [2.45, 2.75) is 78.4 Å². The second-order valence-electron chi connectivity index (χ2n) is 10.0. The maximum Gasteiger partial charge on any atom is 0.405 e. The third-order valence-electron chi connectivity index (χ3n) is 6.84. The van der Waals surface area contributed by atoms with Gasteiger partial charge in [-0.3, -0.25) is 4.79 Å². The summed E-state index contributed by atoms with van der Waals surface area (Å²) >= 11 is 0. The van der Waals surface area contributed by atoms with Gasteiger partial charge in [0.2, 0.25) is 5.88 Å². The van der Waals surface area contributed by atoms with Crippen molar-refractivity contribution in [1.82, 2.24) is 10.3 Å². The van der Waals surface area contributed by atoms with Gasteiger partial charge in [0.05, 0.1) is 19.1 Å². The Morgan fingerprint density at radius 3 is 2.56 bits per heavy atom. The van der Waals surface area contributed by atoms with Crippen LogP contribution in [0.15, 0.2) is 12.3 Å². The summed E-state index contributed by atoms with van der Waals surface area (Å²) < 4.78 is 16.2. The first-order chi connectivity index (χ1) is 16.2. The molecule has 1 aliphatic rings. The van der Waals surface area contributed by atoms with Crippen LogP contribution in [-0.4, -0.2) is 55.1 Å². The van der Waals surface area contributed by atoms with Gasteiger partial charge in [-0.15, -0.1) is 0 Å². The third-order valence-corrected chi connectivity index (χ3v) is 6.84. The molecule has 1 amide bonds. The molecule has 1 aromatic heterocycles. The summed E-state index contributed by atoms with van der Waals surface area (Å²) in [6.45, 7) is 9.00. The van der Waals surface area contributed by atoms with Crippen molar-refractivity contribution in [3.8, 4) is 5.88 Å². The highest BCUT2D eigenvalue weighted by atomic mass is 16.6. The van der Waals surface area contributed by atoms with E-state index in [4.69, 9.17) is 14.2 Å². The smallest absolute Gasteiger partial charge is 0.405 e. The van der Waals surface area contributed by atoms with E-state index in [1.54, 1.807) is 14.2 Å². The first-order valence-corrected chi connectivity index (χ1v) is 12.4. The number of carboxylic acid groups (broad SMARTS) is 1. The molecule has 4 atom stereocenters. The van der Waals surface area contributed by atoms with Gasteiger partial charge in [0.25, 0.3) is 0 Å². The molecule has 34 heavy (non-hydrogen) atoms.